The van der Waals surface area contributed by atoms with Crippen LogP contribution in [-0.2, 0) is 0 Å². The lowest BCUT2D eigenvalue weighted by atomic mass is 10.1. The molecule has 1 unspecified atom stereocenters. The first kappa shape index (κ1) is 14.0. The number of hydrogen-bond acceptors (Lipinski definition) is 2. The topological polar surface area (TPSA) is 29.5 Å². The Bertz CT molecular complexity index is 272. The predicted molar refractivity (Wildman–Crippen MR) is 71.3 cm³/mol. The Morgan fingerprint density at radius 2 is 1.76 bits per heavy atom. The molecule has 0 aromatic heterocycles. The number of ether oxygens (including phenoxy) is 1. The summed E-state index contributed by atoms with van der Waals surface area (Å²) < 4.78 is 5.72. The van der Waals surface area contributed by atoms with E-state index in [0.29, 0.717) is 0 Å². The van der Waals surface area contributed by atoms with Gasteiger partial charge in [-0.3, -0.25) is 0 Å². The van der Waals surface area contributed by atoms with Gasteiger partial charge in [-0.1, -0.05) is 50.8 Å². The van der Waals surface area contributed by atoms with E-state index in [4.69, 9.17) is 4.74 Å². The molecule has 0 heterocycles. The quantitative estimate of drug-likeness (QED) is 0.661. The fourth-order valence-electron chi connectivity index (χ4n) is 1.85. The minimum Gasteiger partial charge on any atom is -0.488 e. The van der Waals surface area contributed by atoms with E-state index in [0.717, 1.165) is 18.6 Å². The second-order valence-electron chi connectivity index (χ2n) is 4.44. The molecule has 0 spiro atoms. The van der Waals surface area contributed by atoms with E-state index in [1.165, 1.54) is 25.7 Å². The zero-order valence-electron chi connectivity index (χ0n) is 10.8. The van der Waals surface area contributed by atoms with Gasteiger partial charge in [0.25, 0.3) is 0 Å². The normalized spacial score (nSPS) is 12.4. The van der Waals surface area contributed by atoms with Gasteiger partial charge in [-0.25, -0.2) is 0 Å². The van der Waals surface area contributed by atoms with Gasteiger partial charge in [-0.2, -0.15) is 0 Å². The molecule has 1 N–H and O–H groups in total. The molecule has 0 fully saturated rings. The molecule has 0 saturated heterocycles. The van der Waals surface area contributed by atoms with Gasteiger partial charge in [0, 0.05) is 0 Å². The lowest BCUT2D eigenvalue weighted by Gasteiger charge is -2.16. The molecule has 1 atom stereocenters. The SMILES string of the molecule is CCCCCCCC(CO)Oc1ccccc1. The van der Waals surface area contributed by atoms with Crippen LogP contribution < -0.4 is 4.74 Å². The number of para-hydroxylation sites is 1. The van der Waals surface area contributed by atoms with Crippen molar-refractivity contribution in [2.45, 2.75) is 51.6 Å². The van der Waals surface area contributed by atoms with Gasteiger partial charge >= 0.3 is 0 Å². The molecule has 0 aliphatic heterocycles. The highest BCUT2D eigenvalue weighted by molar-refractivity contribution is 5.21. The molecule has 0 amide bonds. The zero-order chi connectivity index (χ0) is 12.3. The molecule has 0 radical (unpaired) electrons. The largest absolute Gasteiger partial charge is 0.488 e. The predicted octanol–water partition coefficient (Wildman–Crippen LogP) is 3.79. The Kier molecular flexibility index (Phi) is 7.48. The molecule has 1 aromatic rings. The van der Waals surface area contributed by atoms with Crippen LogP contribution >= 0.6 is 0 Å². The first-order valence-corrected chi connectivity index (χ1v) is 6.69. The average Bonchev–Trinajstić information content (AvgIpc) is 2.38. The van der Waals surface area contributed by atoms with E-state index >= 15 is 0 Å². The minimum atomic E-state index is -0.0565. The summed E-state index contributed by atoms with van der Waals surface area (Å²) in [7, 11) is 0. The summed E-state index contributed by atoms with van der Waals surface area (Å²) in [4.78, 5) is 0. The maximum Gasteiger partial charge on any atom is 0.122 e. The van der Waals surface area contributed by atoms with E-state index in [2.05, 4.69) is 6.92 Å². The molecule has 0 aliphatic rings. The van der Waals surface area contributed by atoms with E-state index in [9.17, 15) is 5.11 Å². The van der Waals surface area contributed by atoms with Crippen LogP contribution in [-0.4, -0.2) is 17.8 Å². The van der Waals surface area contributed by atoms with E-state index < -0.39 is 0 Å². The van der Waals surface area contributed by atoms with Crippen LogP contribution in [0.5, 0.6) is 5.75 Å². The first-order chi connectivity index (χ1) is 8.36. The molecular weight excluding hydrogens is 212 g/mol. The Morgan fingerprint density at radius 3 is 2.41 bits per heavy atom. The van der Waals surface area contributed by atoms with Crippen LogP contribution in [0.4, 0.5) is 0 Å². The van der Waals surface area contributed by atoms with Gasteiger partial charge in [0.15, 0.2) is 0 Å². The second-order valence-corrected chi connectivity index (χ2v) is 4.44. The fraction of sp³-hybridized carbons (Fsp3) is 0.600. The minimum absolute atomic E-state index is 0.0565. The highest BCUT2D eigenvalue weighted by atomic mass is 16.5. The van der Waals surface area contributed by atoms with Gasteiger partial charge in [-0.15, -0.1) is 0 Å². The maximum absolute atomic E-state index is 9.27. The van der Waals surface area contributed by atoms with Crippen LogP contribution in [0.3, 0.4) is 0 Å². The smallest absolute Gasteiger partial charge is 0.122 e. The van der Waals surface area contributed by atoms with Crippen LogP contribution in [0.1, 0.15) is 45.4 Å². The highest BCUT2D eigenvalue weighted by Gasteiger charge is 2.08. The summed E-state index contributed by atoms with van der Waals surface area (Å²) in [5.41, 5.74) is 0. The average molecular weight is 236 g/mol. The van der Waals surface area contributed by atoms with E-state index in [1.54, 1.807) is 0 Å². The molecule has 96 valence electrons. The fourth-order valence-corrected chi connectivity index (χ4v) is 1.85. The van der Waals surface area contributed by atoms with E-state index in [-0.39, 0.29) is 12.7 Å². The summed E-state index contributed by atoms with van der Waals surface area (Å²) in [5, 5.41) is 9.27. The van der Waals surface area contributed by atoms with Crippen molar-refractivity contribution in [3.63, 3.8) is 0 Å². The highest BCUT2D eigenvalue weighted by Crippen LogP contribution is 2.15. The van der Waals surface area contributed by atoms with Crippen LogP contribution in [0.2, 0.25) is 0 Å². The van der Waals surface area contributed by atoms with Gasteiger partial charge < -0.3 is 9.84 Å². The van der Waals surface area contributed by atoms with Crippen LogP contribution in [0.15, 0.2) is 30.3 Å². The van der Waals surface area contributed by atoms with Gasteiger partial charge in [0.1, 0.15) is 11.9 Å². The maximum atomic E-state index is 9.27. The number of rotatable bonds is 9. The number of unbranched alkanes of at least 4 members (excludes halogenated alkanes) is 4. The second kappa shape index (κ2) is 9.06. The van der Waals surface area contributed by atoms with Crippen molar-refractivity contribution in [3.8, 4) is 5.75 Å². The van der Waals surface area contributed by atoms with E-state index in [1.807, 2.05) is 30.3 Å². The molecule has 0 aliphatic carbocycles. The molecule has 17 heavy (non-hydrogen) atoms. The summed E-state index contributed by atoms with van der Waals surface area (Å²) in [6, 6.07) is 9.72. The zero-order valence-corrected chi connectivity index (χ0v) is 10.8. The van der Waals surface area contributed by atoms with Crippen molar-refractivity contribution >= 4 is 0 Å². The van der Waals surface area contributed by atoms with Crippen molar-refractivity contribution < 1.29 is 9.84 Å². The Morgan fingerprint density at radius 1 is 1.06 bits per heavy atom. The standard InChI is InChI=1S/C15H24O2/c1-2-3-4-5-7-12-15(13-16)17-14-10-8-6-9-11-14/h6,8-11,15-16H,2-5,7,12-13H2,1H3. The summed E-state index contributed by atoms with van der Waals surface area (Å²) in [6.45, 7) is 2.32. The Labute approximate surface area is 105 Å². The lowest BCUT2D eigenvalue weighted by molar-refractivity contribution is 0.106. The molecule has 1 aromatic carbocycles. The van der Waals surface area contributed by atoms with Gasteiger partial charge in [-0.05, 0) is 25.0 Å². The summed E-state index contributed by atoms with van der Waals surface area (Å²) in [6.07, 6.45) is 7.13. The molecule has 2 nitrogen and oxygen atoms in total. The first-order valence-electron chi connectivity index (χ1n) is 6.69. The summed E-state index contributed by atoms with van der Waals surface area (Å²) in [5.74, 6) is 0.847. The third-order valence-electron chi connectivity index (χ3n) is 2.88. The number of benzene rings is 1. The molecule has 1 rings (SSSR count). The third-order valence-corrected chi connectivity index (χ3v) is 2.88. The van der Waals surface area contributed by atoms with Crippen molar-refractivity contribution in [1.82, 2.24) is 0 Å². The molecule has 0 bridgehead atoms. The third kappa shape index (κ3) is 6.32. The Hall–Kier alpha value is -1.02. The molecule has 2 heteroatoms. The molecule has 0 saturated carbocycles. The lowest BCUT2D eigenvalue weighted by Crippen LogP contribution is -2.20. The van der Waals surface area contributed by atoms with Crippen molar-refractivity contribution in [1.29, 1.82) is 0 Å². The van der Waals surface area contributed by atoms with Crippen molar-refractivity contribution in [2.24, 2.45) is 0 Å². The Balaban J connectivity index is 2.20. The van der Waals surface area contributed by atoms with Crippen LogP contribution in [0.25, 0.3) is 0 Å². The van der Waals surface area contributed by atoms with Gasteiger partial charge in [0.2, 0.25) is 0 Å². The van der Waals surface area contributed by atoms with Gasteiger partial charge in [0.05, 0.1) is 6.61 Å². The number of aliphatic hydroxyl groups is 1. The van der Waals surface area contributed by atoms with Crippen molar-refractivity contribution in [3.05, 3.63) is 30.3 Å². The van der Waals surface area contributed by atoms with Crippen molar-refractivity contribution in [2.75, 3.05) is 6.61 Å². The monoisotopic (exact) mass is 236 g/mol. The number of aliphatic hydroxyl groups excluding tert-OH is 1. The summed E-state index contributed by atoms with van der Waals surface area (Å²) >= 11 is 0. The van der Waals surface area contributed by atoms with Crippen LogP contribution in [0, 0.1) is 0 Å². The molecular formula is C15H24O2. The number of hydrogen-bond donors (Lipinski definition) is 1.